The number of carboxylic acids is 1. The monoisotopic (exact) mass is 305 g/mol. The van der Waals surface area contributed by atoms with E-state index in [0.29, 0.717) is 0 Å². The normalized spacial score (nSPS) is 13.3. The van der Waals surface area contributed by atoms with E-state index in [4.69, 9.17) is 5.11 Å². The van der Waals surface area contributed by atoms with E-state index in [9.17, 15) is 22.8 Å². The molecule has 1 heterocycles. The van der Waals surface area contributed by atoms with Crippen molar-refractivity contribution in [2.24, 2.45) is 5.92 Å². The van der Waals surface area contributed by atoms with Gasteiger partial charge in [-0.15, -0.1) is 0 Å². The summed E-state index contributed by atoms with van der Waals surface area (Å²) in [6, 6.07) is -1.36. The smallest absolute Gasteiger partial charge is 0.325 e. The Labute approximate surface area is 114 Å². The van der Waals surface area contributed by atoms with Crippen molar-refractivity contribution >= 4 is 16.0 Å². The van der Waals surface area contributed by atoms with Gasteiger partial charge in [-0.2, -0.15) is 4.72 Å². The first-order chi connectivity index (χ1) is 9.13. The Hall–Kier alpha value is -1.94. The molecule has 112 valence electrons. The van der Waals surface area contributed by atoms with Gasteiger partial charge in [0.1, 0.15) is 6.04 Å². The van der Waals surface area contributed by atoms with Gasteiger partial charge in [0.25, 0.3) is 5.56 Å². The van der Waals surface area contributed by atoms with Crippen LogP contribution in [0.25, 0.3) is 0 Å². The number of rotatable bonds is 6. The highest BCUT2D eigenvalue weighted by Gasteiger charge is 2.28. The van der Waals surface area contributed by atoms with Crippen LogP contribution in [0.4, 0.5) is 0 Å². The van der Waals surface area contributed by atoms with Crippen molar-refractivity contribution in [1.29, 1.82) is 0 Å². The van der Waals surface area contributed by atoms with E-state index in [2.05, 4.69) is 0 Å². The topological polar surface area (TPSA) is 149 Å². The fourth-order valence-corrected chi connectivity index (χ4v) is 2.73. The molecule has 10 heteroatoms. The zero-order valence-electron chi connectivity index (χ0n) is 10.8. The van der Waals surface area contributed by atoms with Gasteiger partial charge in [-0.3, -0.25) is 14.6 Å². The maximum absolute atomic E-state index is 11.9. The Morgan fingerprint density at radius 3 is 2.45 bits per heavy atom. The van der Waals surface area contributed by atoms with E-state index >= 15 is 0 Å². The van der Waals surface area contributed by atoms with E-state index < -0.39 is 38.2 Å². The first-order valence-electron chi connectivity index (χ1n) is 5.70. The summed E-state index contributed by atoms with van der Waals surface area (Å²) in [4.78, 5) is 36.3. The average molecular weight is 305 g/mol. The molecule has 0 radical (unpaired) electrons. The van der Waals surface area contributed by atoms with E-state index in [0.717, 1.165) is 6.20 Å². The van der Waals surface area contributed by atoms with Crippen LogP contribution in [-0.4, -0.2) is 35.5 Å². The molecular formula is C10H15N3O6S. The summed E-state index contributed by atoms with van der Waals surface area (Å²) in [5.74, 6) is -1.41. The van der Waals surface area contributed by atoms with Crippen molar-refractivity contribution in [3.05, 3.63) is 27.0 Å². The van der Waals surface area contributed by atoms with Gasteiger partial charge in [0.05, 0.1) is 0 Å². The highest BCUT2D eigenvalue weighted by atomic mass is 32.2. The predicted molar refractivity (Wildman–Crippen MR) is 68.9 cm³/mol. The van der Waals surface area contributed by atoms with E-state index in [1.807, 2.05) is 9.71 Å². The van der Waals surface area contributed by atoms with Gasteiger partial charge in [-0.05, 0) is 12.3 Å². The molecule has 1 aromatic rings. The minimum Gasteiger partial charge on any atom is -0.480 e. The molecular weight excluding hydrogens is 290 g/mol. The number of H-pyrrole nitrogens is 2. The summed E-state index contributed by atoms with van der Waals surface area (Å²) in [6.45, 7) is 3.47. The van der Waals surface area contributed by atoms with Gasteiger partial charge >= 0.3 is 11.7 Å². The molecule has 20 heavy (non-hydrogen) atoms. The molecule has 0 saturated heterocycles. The highest BCUT2D eigenvalue weighted by molar-refractivity contribution is 7.89. The van der Waals surface area contributed by atoms with E-state index in [1.165, 1.54) is 0 Å². The van der Waals surface area contributed by atoms with Crippen LogP contribution in [-0.2, 0) is 14.8 Å². The summed E-state index contributed by atoms with van der Waals surface area (Å²) in [6.07, 6.45) is 0.785. The quantitative estimate of drug-likeness (QED) is 0.521. The summed E-state index contributed by atoms with van der Waals surface area (Å²) in [5.41, 5.74) is -1.97. The zero-order chi connectivity index (χ0) is 15.5. The third-order valence-corrected chi connectivity index (χ3v) is 3.85. The number of carbonyl (C=O) groups is 1. The third kappa shape index (κ3) is 4.03. The minimum atomic E-state index is -4.34. The lowest BCUT2D eigenvalue weighted by Gasteiger charge is -2.16. The van der Waals surface area contributed by atoms with Crippen molar-refractivity contribution in [3.8, 4) is 0 Å². The molecule has 1 rings (SSSR count). The SMILES string of the molecule is CC(C)C[C@@H](NS(=O)(=O)c1c[nH]c(=O)[nH]c1=O)C(=O)O. The molecule has 1 atom stereocenters. The Morgan fingerprint density at radius 1 is 1.40 bits per heavy atom. The van der Waals surface area contributed by atoms with Gasteiger partial charge < -0.3 is 10.1 Å². The molecule has 0 spiro atoms. The number of hydrogen-bond donors (Lipinski definition) is 4. The molecule has 1 aromatic heterocycles. The molecule has 0 saturated carbocycles. The molecule has 0 amide bonds. The lowest BCUT2D eigenvalue weighted by Crippen LogP contribution is -2.43. The van der Waals surface area contributed by atoms with Gasteiger partial charge in [0, 0.05) is 6.20 Å². The van der Waals surface area contributed by atoms with Crippen molar-refractivity contribution in [2.45, 2.75) is 31.2 Å². The maximum atomic E-state index is 11.9. The minimum absolute atomic E-state index is 0.0623. The predicted octanol–water partition coefficient (Wildman–Crippen LogP) is -1.16. The van der Waals surface area contributed by atoms with Crippen LogP contribution in [0.5, 0.6) is 0 Å². The summed E-state index contributed by atoms with van der Waals surface area (Å²) in [5, 5.41) is 8.98. The van der Waals surface area contributed by atoms with Gasteiger partial charge in [-0.1, -0.05) is 13.8 Å². The van der Waals surface area contributed by atoms with E-state index in [-0.39, 0.29) is 12.3 Å². The molecule has 0 fully saturated rings. The fraction of sp³-hybridized carbons (Fsp3) is 0.500. The first-order valence-corrected chi connectivity index (χ1v) is 7.19. The second-order valence-electron chi connectivity index (χ2n) is 4.58. The van der Waals surface area contributed by atoms with Gasteiger partial charge in [0.2, 0.25) is 10.0 Å². The Morgan fingerprint density at radius 2 is 2.00 bits per heavy atom. The summed E-state index contributed by atoms with van der Waals surface area (Å²) < 4.78 is 25.8. The molecule has 4 N–H and O–H groups in total. The zero-order valence-corrected chi connectivity index (χ0v) is 11.7. The van der Waals surface area contributed by atoms with Crippen molar-refractivity contribution in [3.63, 3.8) is 0 Å². The average Bonchev–Trinajstić information content (AvgIpc) is 2.26. The molecule has 9 nitrogen and oxygen atoms in total. The third-order valence-electron chi connectivity index (χ3n) is 2.38. The number of aromatic amines is 2. The fourth-order valence-electron chi connectivity index (χ4n) is 1.52. The van der Waals surface area contributed by atoms with Crippen LogP contribution in [0.1, 0.15) is 20.3 Å². The summed E-state index contributed by atoms with van der Waals surface area (Å²) >= 11 is 0. The van der Waals surface area contributed by atoms with Crippen LogP contribution in [0, 0.1) is 5.92 Å². The molecule has 0 unspecified atom stereocenters. The van der Waals surface area contributed by atoms with Crippen LogP contribution in [0.15, 0.2) is 20.7 Å². The number of hydrogen-bond acceptors (Lipinski definition) is 5. The van der Waals surface area contributed by atoms with E-state index in [1.54, 1.807) is 18.8 Å². The number of aliphatic carboxylic acids is 1. The Bertz CT molecular complexity index is 702. The van der Waals surface area contributed by atoms with Gasteiger partial charge in [-0.25, -0.2) is 13.2 Å². The lowest BCUT2D eigenvalue weighted by atomic mass is 10.1. The number of sulfonamides is 1. The van der Waals surface area contributed by atoms with Crippen molar-refractivity contribution in [1.82, 2.24) is 14.7 Å². The largest absolute Gasteiger partial charge is 0.480 e. The second kappa shape index (κ2) is 6.01. The highest BCUT2D eigenvalue weighted by Crippen LogP contribution is 2.08. The Balaban J connectivity index is 3.13. The Kier molecular flexibility index (Phi) is 4.84. The number of aromatic nitrogens is 2. The molecule has 0 aliphatic rings. The van der Waals surface area contributed by atoms with Crippen LogP contribution < -0.4 is 16.0 Å². The number of nitrogens with one attached hydrogen (secondary N) is 3. The molecule has 0 aromatic carbocycles. The first kappa shape index (κ1) is 16.1. The van der Waals surface area contributed by atoms with Gasteiger partial charge in [0.15, 0.2) is 4.90 Å². The van der Waals surface area contributed by atoms with Crippen LogP contribution >= 0.6 is 0 Å². The van der Waals surface area contributed by atoms with Crippen LogP contribution in [0.2, 0.25) is 0 Å². The standard InChI is InChI=1S/C10H15N3O6S/c1-5(2)3-6(9(15)16)13-20(18,19)7-4-11-10(17)12-8(7)14/h4-6,13H,3H2,1-2H3,(H,15,16)(H2,11,12,14,17)/t6-/m1/s1. The summed E-state index contributed by atoms with van der Waals surface area (Å²) in [7, 11) is -4.34. The lowest BCUT2D eigenvalue weighted by molar-refractivity contribution is -0.139. The van der Waals surface area contributed by atoms with Crippen LogP contribution in [0.3, 0.4) is 0 Å². The molecule has 0 bridgehead atoms. The van der Waals surface area contributed by atoms with Crippen molar-refractivity contribution < 1.29 is 18.3 Å². The maximum Gasteiger partial charge on any atom is 0.325 e. The second-order valence-corrected chi connectivity index (χ2v) is 6.26. The van der Waals surface area contributed by atoms with Crippen molar-refractivity contribution in [2.75, 3.05) is 0 Å². The molecule has 0 aliphatic heterocycles. The molecule has 0 aliphatic carbocycles. The number of carboxylic acid groups (broad SMARTS) is 1.